The highest BCUT2D eigenvalue weighted by molar-refractivity contribution is 5.86. The molecule has 0 atom stereocenters. The number of hydrogen-bond acceptors (Lipinski definition) is 3. The number of carbonyl (C=O) groups is 1. The molecule has 1 aromatic heterocycles. The van der Waals surface area contributed by atoms with Crippen molar-refractivity contribution >= 4 is 5.97 Å². The molecule has 0 unspecified atom stereocenters. The van der Waals surface area contributed by atoms with Gasteiger partial charge in [0.25, 0.3) is 0 Å². The third kappa shape index (κ3) is 2.55. The number of aromatic amines is 1. The van der Waals surface area contributed by atoms with Crippen LogP contribution in [0.25, 0.3) is 0 Å². The van der Waals surface area contributed by atoms with Crippen molar-refractivity contribution in [1.82, 2.24) is 15.3 Å². The van der Waals surface area contributed by atoms with Crippen LogP contribution in [0.1, 0.15) is 30.0 Å². The average Bonchev–Trinajstić information content (AvgIpc) is 2.47. The Kier molecular flexibility index (Phi) is 3.02. The highest BCUT2D eigenvalue weighted by Crippen LogP contribution is 2.02. The summed E-state index contributed by atoms with van der Waals surface area (Å²) >= 11 is 0. The lowest BCUT2D eigenvalue weighted by molar-refractivity contribution is 0.0689. The number of carboxylic acid groups (broad SMARTS) is 1. The van der Waals surface area contributed by atoms with E-state index in [4.69, 9.17) is 5.11 Å². The number of hydrogen-bond donors (Lipinski definition) is 3. The molecule has 0 radical (unpaired) electrons. The topological polar surface area (TPSA) is 78.0 Å². The minimum Gasteiger partial charge on any atom is -0.476 e. The molecule has 0 bridgehead atoms. The van der Waals surface area contributed by atoms with Crippen LogP contribution in [0, 0.1) is 0 Å². The Morgan fingerprint density at radius 3 is 3.00 bits per heavy atom. The fraction of sp³-hybridized carbons (Fsp3) is 0.500. The summed E-state index contributed by atoms with van der Waals surface area (Å²) in [6.45, 7) is 4.49. The van der Waals surface area contributed by atoms with Crippen molar-refractivity contribution in [1.29, 1.82) is 0 Å². The first kappa shape index (κ1) is 9.73. The second-order valence-electron chi connectivity index (χ2n) is 3.07. The molecule has 0 saturated heterocycles. The lowest BCUT2D eigenvalue weighted by Gasteiger charge is -2.06. The number of rotatable bonds is 4. The normalized spacial score (nSPS) is 10.7. The molecule has 5 heteroatoms. The molecular formula is C8H13N3O2. The maximum absolute atomic E-state index is 10.6. The summed E-state index contributed by atoms with van der Waals surface area (Å²) in [6, 6.07) is 0.324. The molecular weight excluding hydrogens is 170 g/mol. The SMILES string of the molecule is CC(C)NCc1[nH]cnc1C(=O)O. The van der Waals surface area contributed by atoms with E-state index in [1.165, 1.54) is 6.33 Å². The maximum atomic E-state index is 10.6. The minimum atomic E-state index is -0.998. The van der Waals surface area contributed by atoms with Crippen LogP contribution in [0.4, 0.5) is 0 Å². The summed E-state index contributed by atoms with van der Waals surface area (Å²) in [4.78, 5) is 17.1. The van der Waals surface area contributed by atoms with Crippen LogP contribution in [0.3, 0.4) is 0 Å². The van der Waals surface area contributed by atoms with Crippen molar-refractivity contribution in [2.45, 2.75) is 26.4 Å². The third-order valence-corrected chi connectivity index (χ3v) is 1.61. The molecule has 1 aromatic rings. The molecule has 5 nitrogen and oxygen atoms in total. The van der Waals surface area contributed by atoms with Gasteiger partial charge in [0.1, 0.15) is 0 Å². The van der Waals surface area contributed by atoms with Crippen molar-refractivity contribution < 1.29 is 9.90 Å². The van der Waals surface area contributed by atoms with E-state index in [0.29, 0.717) is 18.3 Å². The zero-order valence-electron chi connectivity index (χ0n) is 7.66. The van der Waals surface area contributed by atoms with E-state index in [0.717, 1.165) is 0 Å². The number of aromatic nitrogens is 2. The van der Waals surface area contributed by atoms with Gasteiger partial charge in [-0.2, -0.15) is 0 Å². The van der Waals surface area contributed by atoms with Gasteiger partial charge < -0.3 is 15.4 Å². The fourth-order valence-electron chi connectivity index (χ4n) is 0.946. The van der Waals surface area contributed by atoms with Crippen LogP contribution in [-0.4, -0.2) is 27.1 Å². The first-order chi connectivity index (χ1) is 6.11. The lowest BCUT2D eigenvalue weighted by atomic mass is 10.3. The predicted octanol–water partition coefficient (Wildman–Crippen LogP) is 0.606. The number of carboxylic acids is 1. The molecule has 0 aromatic carbocycles. The number of nitrogens with zero attached hydrogens (tertiary/aromatic N) is 1. The second kappa shape index (κ2) is 4.04. The first-order valence-electron chi connectivity index (χ1n) is 4.10. The molecule has 1 rings (SSSR count). The summed E-state index contributed by atoms with van der Waals surface area (Å²) in [6.07, 6.45) is 1.39. The monoisotopic (exact) mass is 183 g/mol. The van der Waals surface area contributed by atoms with Crippen molar-refractivity contribution in [3.05, 3.63) is 17.7 Å². The number of imidazole rings is 1. The molecule has 0 aliphatic heterocycles. The van der Waals surface area contributed by atoms with E-state index in [-0.39, 0.29) is 5.69 Å². The highest BCUT2D eigenvalue weighted by Gasteiger charge is 2.12. The van der Waals surface area contributed by atoms with E-state index >= 15 is 0 Å². The van der Waals surface area contributed by atoms with Crippen molar-refractivity contribution in [2.24, 2.45) is 0 Å². The fourth-order valence-corrected chi connectivity index (χ4v) is 0.946. The van der Waals surface area contributed by atoms with Crippen molar-refractivity contribution in [2.75, 3.05) is 0 Å². The quantitative estimate of drug-likeness (QED) is 0.639. The second-order valence-corrected chi connectivity index (χ2v) is 3.07. The van der Waals surface area contributed by atoms with Gasteiger partial charge in [-0.25, -0.2) is 9.78 Å². The van der Waals surface area contributed by atoms with Gasteiger partial charge in [-0.05, 0) is 0 Å². The van der Waals surface area contributed by atoms with Gasteiger partial charge in [0, 0.05) is 12.6 Å². The van der Waals surface area contributed by atoms with E-state index in [9.17, 15) is 4.79 Å². The molecule has 13 heavy (non-hydrogen) atoms. The molecule has 0 aliphatic carbocycles. The Morgan fingerprint density at radius 2 is 2.46 bits per heavy atom. The number of nitrogens with one attached hydrogen (secondary N) is 2. The Hall–Kier alpha value is -1.36. The molecule has 3 N–H and O–H groups in total. The van der Waals surface area contributed by atoms with Crippen LogP contribution in [-0.2, 0) is 6.54 Å². The van der Waals surface area contributed by atoms with E-state index in [1.807, 2.05) is 13.8 Å². The molecule has 0 fully saturated rings. The third-order valence-electron chi connectivity index (χ3n) is 1.61. The molecule has 0 aliphatic rings. The Morgan fingerprint density at radius 1 is 1.77 bits per heavy atom. The van der Waals surface area contributed by atoms with E-state index in [2.05, 4.69) is 15.3 Å². The molecule has 0 saturated carbocycles. The Balaban J connectivity index is 2.65. The Bertz CT molecular complexity index is 293. The van der Waals surface area contributed by atoms with Crippen LogP contribution in [0.2, 0.25) is 0 Å². The van der Waals surface area contributed by atoms with E-state index in [1.54, 1.807) is 0 Å². The molecule has 72 valence electrons. The minimum absolute atomic E-state index is 0.0909. The van der Waals surface area contributed by atoms with Crippen LogP contribution in [0.15, 0.2) is 6.33 Å². The average molecular weight is 183 g/mol. The van der Waals surface area contributed by atoms with Gasteiger partial charge in [-0.1, -0.05) is 13.8 Å². The predicted molar refractivity (Wildman–Crippen MR) is 47.5 cm³/mol. The lowest BCUT2D eigenvalue weighted by Crippen LogP contribution is -2.23. The zero-order chi connectivity index (χ0) is 9.84. The number of aromatic carboxylic acids is 1. The number of H-pyrrole nitrogens is 1. The van der Waals surface area contributed by atoms with E-state index < -0.39 is 5.97 Å². The summed E-state index contributed by atoms with van der Waals surface area (Å²) in [5.41, 5.74) is 0.703. The first-order valence-corrected chi connectivity index (χ1v) is 4.10. The van der Waals surface area contributed by atoms with Crippen LogP contribution < -0.4 is 5.32 Å². The zero-order valence-corrected chi connectivity index (χ0v) is 7.66. The van der Waals surface area contributed by atoms with Gasteiger partial charge in [-0.15, -0.1) is 0 Å². The van der Waals surface area contributed by atoms with Gasteiger partial charge in [0.05, 0.1) is 12.0 Å². The summed E-state index contributed by atoms with van der Waals surface area (Å²) in [5, 5.41) is 11.8. The van der Waals surface area contributed by atoms with Gasteiger partial charge in [0.15, 0.2) is 5.69 Å². The molecule has 0 amide bonds. The largest absolute Gasteiger partial charge is 0.476 e. The van der Waals surface area contributed by atoms with Gasteiger partial charge in [0.2, 0.25) is 0 Å². The van der Waals surface area contributed by atoms with Crippen LogP contribution >= 0.6 is 0 Å². The summed E-state index contributed by atoms with van der Waals surface area (Å²) < 4.78 is 0. The summed E-state index contributed by atoms with van der Waals surface area (Å²) in [7, 11) is 0. The molecule has 1 heterocycles. The maximum Gasteiger partial charge on any atom is 0.356 e. The standard InChI is InChI=1S/C8H13N3O2/c1-5(2)9-3-6-7(8(12)13)11-4-10-6/h4-5,9H,3H2,1-2H3,(H,10,11)(H,12,13). The Labute approximate surface area is 76.2 Å². The van der Waals surface area contributed by atoms with Crippen LogP contribution in [0.5, 0.6) is 0 Å². The van der Waals surface area contributed by atoms with Gasteiger partial charge in [-0.3, -0.25) is 0 Å². The molecule has 0 spiro atoms. The van der Waals surface area contributed by atoms with Gasteiger partial charge >= 0.3 is 5.97 Å². The van der Waals surface area contributed by atoms with Crippen molar-refractivity contribution in [3.63, 3.8) is 0 Å². The van der Waals surface area contributed by atoms with Crippen molar-refractivity contribution in [3.8, 4) is 0 Å². The smallest absolute Gasteiger partial charge is 0.356 e. The highest BCUT2D eigenvalue weighted by atomic mass is 16.4. The summed E-state index contributed by atoms with van der Waals surface area (Å²) in [5.74, 6) is -0.998.